The van der Waals surface area contributed by atoms with Gasteiger partial charge >= 0.3 is 12.0 Å². The molecule has 11 heteroatoms. The Morgan fingerprint density at radius 3 is 2.53 bits per heavy atom. The highest BCUT2D eigenvalue weighted by molar-refractivity contribution is 5.96. The van der Waals surface area contributed by atoms with Crippen molar-refractivity contribution < 1.29 is 18.7 Å². The lowest BCUT2D eigenvalue weighted by molar-refractivity contribution is 0.122. The number of amides is 2. The molecule has 0 unspecified atom stereocenters. The van der Waals surface area contributed by atoms with Gasteiger partial charge in [0.1, 0.15) is 23.5 Å². The Labute approximate surface area is 271 Å². The number of hydrogen-bond donors (Lipinski definition) is 2. The van der Waals surface area contributed by atoms with Crippen molar-refractivity contribution in [3.8, 4) is 29.1 Å². The van der Waals surface area contributed by atoms with E-state index < -0.39 is 0 Å². The van der Waals surface area contributed by atoms with Crippen LogP contribution >= 0.6 is 0 Å². The number of morpholine rings is 1. The average Bonchev–Trinajstić information content (AvgIpc) is 3.38. The first-order valence-corrected chi connectivity index (χ1v) is 15.8. The Balaban J connectivity index is 1.14. The quantitative estimate of drug-likeness (QED) is 0.184. The number of rotatable bonds is 8. The molecule has 0 spiro atoms. The smallest absolute Gasteiger partial charge is 0.323 e. The van der Waals surface area contributed by atoms with E-state index >= 15 is 0 Å². The van der Waals surface area contributed by atoms with Crippen LogP contribution in [0.25, 0.3) is 22.2 Å². The van der Waals surface area contributed by atoms with Crippen molar-refractivity contribution in [2.45, 2.75) is 38.3 Å². The molecule has 7 rings (SSSR count). The molecule has 1 aliphatic heterocycles. The lowest BCUT2D eigenvalue weighted by atomic mass is 9.92. The van der Waals surface area contributed by atoms with Crippen LogP contribution in [-0.2, 0) is 4.74 Å². The second-order valence-corrected chi connectivity index (χ2v) is 11.8. The average molecular weight is 632 g/mol. The molecule has 2 amide bonds. The van der Waals surface area contributed by atoms with Gasteiger partial charge in [0, 0.05) is 42.5 Å². The number of nitriles is 1. The van der Waals surface area contributed by atoms with Crippen molar-refractivity contribution in [3.05, 3.63) is 95.9 Å². The van der Waals surface area contributed by atoms with Gasteiger partial charge < -0.3 is 29.6 Å². The van der Waals surface area contributed by atoms with Crippen molar-refractivity contribution in [1.82, 2.24) is 19.9 Å². The van der Waals surface area contributed by atoms with Crippen LogP contribution in [0.5, 0.6) is 11.8 Å². The van der Waals surface area contributed by atoms with E-state index in [4.69, 9.17) is 9.47 Å². The molecular formula is C36H34FN7O3. The number of ether oxygens (including phenoxy) is 2. The number of nitrogens with zero attached hydrogens (tertiary/aromatic N) is 5. The number of aromatic nitrogens is 3. The maximum Gasteiger partial charge on any atom is 0.323 e. The molecule has 47 heavy (non-hydrogen) atoms. The Kier molecular flexibility index (Phi) is 8.42. The molecule has 2 fully saturated rings. The molecule has 3 aromatic carbocycles. The number of urea groups is 1. The third kappa shape index (κ3) is 6.33. The van der Waals surface area contributed by atoms with E-state index in [1.807, 2.05) is 55.5 Å². The third-order valence-electron chi connectivity index (χ3n) is 8.82. The van der Waals surface area contributed by atoms with Gasteiger partial charge in [0.05, 0.1) is 36.0 Å². The lowest BCUT2D eigenvalue weighted by Gasteiger charge is -2.30. The number of benzene rings is 3. The Hall–Kier alpha value is -5.47. The normalized spacial score (nSPS) is 15.5. The summed E-state index contributed by atoms with van der Waals surface area (Å²) in [6.45, 7) is 4.68. The molecule has 0 bridgehead atoms. The number of carbonyl (C=O) groups excluding carboxylic acids is 1. The molecule has 10 nitrogen and oxygen atoms in total. The topological polar surface area (TPSA) is 117 Å². The van der Waals surface area contributed by atoms with E-state index in [0.717, 1.165) is 65.9 Å². The van der Waals surface area contributed by atoms with E-state index in [1.165, 1.54) is 12.1 Å². The zero-order chi connectivity index (χ0) is 32.3. The zero-order valence-corrected chi connectivity index (χ0v) is 25.9. The van der Waals surface area contributed by atoms with E-state index in [0.29, 0.717) is 30.2 Å². The molecule has 238 valence electrons. The van der Waals surface area contributed by atoms with Crippen LogP contribution in [0.4, 0.5) is 20.7 Å². The summed E-state index contributed by atoms with van der Waals surface area (Å²) in [6, 6.07) is 23.4. The molecule has 5 aromatic rings. The summed E-state index contributed by atoms with van der Waals surface area (Å²) in [5.41, 5.74) is 4.63. The minimum absolute atomic E-state index is 0.252. The number of anilines is 2. The Morgan fingerprint density at radius 1 is 1.06 bits per heavy atom. The van der Waals surface area contributed by atoms with Crippen LogP contribution in [0.15, 0.2) is 79.0 Å². The number of carbonyl (C=O) groups is 1. The highest BCUT2D eigenvalue weighted by Crippen LogP contribution is 2.43. The van der Waals surface area contributed by atoms with Crippen molar-refractivity contribution in [1.29, 1.82) is 5.26 Å². The third-order valence-corrected chi connectivity index (χ3v) is 8.82. The SMILES string of the molecule is C[C@@H](NC(=O)Nc1ccc(-c2c(C#N)c3ccc(Oc4nccc(N5CCOCC5)n4)cc3n2C2CCC2)cc1)c1ccc(F)cc1. The standard InChI is InChI=1S/C36H34FN7O3/c1-23(24-5-9-26(37)10-6-24)40-35(45)41-27-11-7-25(8-12-27)34-31(22-38)30-14-13-29(21-32(30)44(34)28-3-2-4-28)47-36-39-16-15-33(42-36)43-17-19-46-20-18-43/h5-16,21,23,28H,2-4,17-20H2,1H3,(H2,40,41,45)/t23-/m1/s1. The van der Waals surface area contributed by atoms with Gasteiger partial charge in [0.25, 0.3) is 0 Å². The lowest BCUT2D eigenvalue weighted by Crippen LogP contribution is -2.36. The number of nitrogens with one attached hydrogen (secondary N) is 2. The molecule has 2 aliphatic rings. The van der Waals surface area contributed by atoms with Crippen LogP contribution in [0.1, 0.15) is 49.4 Å². The van der Waals surface area contributed by atoms with Gasteiger partial charge in [-0.25, -0.2) is 14.2 Å². The fraction of sp³-hybridized carbons (Fsp3) is 0.278. The van der Waals surface area contributed by atoms with Gasteiger partial charge in [0.15, 0.2) is 0 Å². The number of fused-ring (bicyclic) bond motifs is 1. The summed E-state index contributed by atoms with van der Waals surface area (Å²) in [5.74, 6) is 1.06. The zero-order valence-electron chi connectivity index (χ0n) is 25.9. The highest BCUT2D eigenvalue weighted by atomic mass is 19.1. The van der Waals surface area contributed by atoms with E-state index in [9.17, 15) is 14.4 Å². The first-order chi connectivity index (χ1) is 23.0. The van der Waals surface area contributed by atoms with E-state index in [2.05, 4.69) is 36.1 Å². The molecule has 1 saturated heterocycles. The summed E-state index contributed by atoms with van der Waals surface area (Å²) in [7, 11) is 0. The van der Waals surface area contributed by atoms with Crippen LogP contribution in [-0.4, -0.2) is 46.9 Å². The van der Waals surface area contributed by atoms with Gasteiger partial charge in [-0.3, -0.25) is 0 Å². The van der Waals surface area contributed by atoms with Crippen LogP contribution in [0, 0.1) is 17.1 Å². The maximum atomic E-state index is 13.3. The maximum absolute atomic E-state index is 13.3. The highest BCUT2D eigenvalue weighted by Gasteiger charge is 2.28. The predicted molar refractivity (Wildman–Crippen MR) is 177 cm³/mol. The van der Waals surface area contributed by atoms with Gasteiger partial charge in [-0.15, -0.1) is 0 Å². The molecular weight excluding hydrogens is 597 g/mol. The minimum atomic E-state index is -0.372. The second kappa shape index (κ2) is 13.1. The number of hydrogen-bond acceptors (Lipinski definition) is 7. The van der Waals surface area contributed by atoms with Crippen molar-refractivity contribution in [2.24, 2.45) is 0 Å². The molecule has 1 saturated carbocycles. The summed E-state index contributed by atoms with van der Waals surface area (Å²) in [5, 5.41) is 17.0. The molecule has 1 aliphatic carbocycles. The van der Waals surface area contributed by atoms with Crippen LogP contribution in [0.3, 0.4) is 0 Å². The molecule has 2 aromatic heterocycles. The Bertz CT molecular complexity index is 1940. The fourth-order valence-electron chi connectivity index (χ4n) is 6.14. The van der Waals surface area contributed by atoms with E-state index in [-0.39, 0.29) is 29.9 Å². The van der Waals surface area contributed by atoms with E-state index in [1.54, 1.807) is 18.3 Å². The molecule has 0 radical (unpaired) electrons. The summed E-state index contributed by atoms with van der Waals surface area (Å²) >= 11 is 0. The molecule has 2 N–H and O–H groups in total. The van der Waals surface area contributed by atoms with Gasteiger partial charge in [0.2, 0.25) is 0 Å². The van der Waals surface area contributed by atoms with Crippen molar-refractivity contribution in [2.75, 3.05) is 36.5 Å². The number of halogens is 1. The molecule has 3 heterocycles. The minimum Gasteiger partial charge on any atom is -0.424 e. The summed E-state index contributed by atoms with van der Waals surface area (Å²) in [6.07, 6.45) is 4.86. The van der Waals surface area contributed by atoms with Crippen molar-refractivity contribution >= 4 is 28.4 Å². The molecule has 1 atom stereocenters. The van der Waals surface area contributed by atoms with Gasteiger partial charge in [-0.2, -0.15) is 10.2 Å². The first-order valence-electron chi connectivity index (χ1n) is 15.8. The predicted octanol–water partition coefficient (Wildman–Crippen LogP) is 7.35. The van der Waals surface area contributed by atoms with Crippen LogP contribution < -0.4 is 20.3 Å². The monoisotopic (exact) mass is 631 g/mol. The van der Waals surface area contributed by atoms with Gasteiger partial charge in [-0.05, 0) is 79.8 Å². The fourth-order valence-corrected chi connectivity index (χ4v) is 6.14. The summed E-state index contributed by atoms with van der Waals surface area (Å²) in [4.78, 5) is 23.8. The van der Waals surface area contributed by atoms with Crippen LogP contribution in [0.2, 0.25) is 0 Å². The second-order valence-electron chi connectivity index (χ2n) is 11.8. The first kappa shape index (κ1) is 30.2. The largest absolute Gasteiger partial charge is 0.424 e. The van der Waals surface area contributed by atoms with Gasteiger partial charge in [-0.1, -0.05) is 24.3 Å². The van der Waals surface area contributed by atoms with Crippen molar-refractivity contribution in [3.63, 3.8) is 0 Å². The Morgan fingerprint density at radius 2 is 1.83 bits per heavy atom. The summed E-state index contributed by atoms with van der Waals surface area (Å²) < 4.78 is 27.2.